The second kappa shape index (κ2) is 5.94. The molecule has 7 nitrogen and oxygen atoms in total. The van der Waals surface area contributed by atoms with Gasteiger partial charge in [0.15, 0.2) is 11.5 Å². The molecule has 7 heteroatoms. The molecule has 5 rings (SSSR count). The van der Waals surface area contributed by atoms with Crippen LogP contribution in [0.4, 0.5) is 5.82 Å². The molecule has 0 saturated carbocycles. The van der Waals surface area contributed by atoms with Crippen LogP contribution in [0, 0.1) is 0 Å². The highest BCUT2D eigenvalue weighted by Gasteiger charge is 2.23. The third kappa shape index (κ3) is 2.44. The molecular weight excluding hydrogens is 326 g/mol. The maximum atomic E-state index is 4.74. The van der Waals surface area contributed by atoms with Crippen LogP contribution in [-0.2, 0) is 13.5 Å². The Bertz CT molecular complexity index is 1060. The summed E-state index contributed by atoms with van der Waals surface area (Å²) in [7, 11) is 2.01. The van der Waals surface area contributed by atoms with Gasteiger partial charge < -0.3 is 5.32 Å². The lowest BCUT2D eigenvalue weighted by Gasteiger charge is -2.24. The molecule has 0 radical (unpaired) electrons. The molecule has 1 unspecified atom stereocenters. The maximum absolute atomic E-state index is 4.74. The van der Waals surface area contributed by atoms with E-state index in [1.807, 2.05) is 60.4 Å². The van der Waals surface area contributed by atoms with Crippen LogP contribution in [-0.4, -0.2) is 29.6 Å². The van der Waals surface area contributed by atoms with Crippen LogP contribution < -0.4 is 5.32 Å². The normalized spacial score (nSPS) is 16.6. The molecule has 3 aromatic heterocycles. The lowest BCUT2D eigenvalue weighted by molar-refractivity contribution is 0.569. The Kier molecular flexibility index (Phi) is 3.44. The van der Waals surface area contributed by atoms with Crippen LogP contribution >= 0.6 is 0 Å². The number of rotatable bonds is 3. The fourth-order valence-corrected chi connectivity index (χ4v) is 3.67. The van der Waals surface area contributed by atoms with E-state index in [1.165, 1.54) is 11.3 Å². The van der Waals surface area contributed by atoms with Crippen molar-refractivity contribution in [2.45, 2.75) is 25.3 Å². The first kappa shape index (κ1) is 15.1. The van der Waals surface area contributed by atoms with E-state index in [2.05, 4.69) is 20.6 Å². The molecule has 0 aliphatic heterocycles. The molecule has 0 fully saturated rings. The zero-order chi connectivity index (χ0) is 17.5. The fraction of sp³-hybridized carbons (Fsp3) is 0.263. The van der Waals surface area contributed by atoms with Gasteiger partial charge in [0.1, 0.15) is 5.82 Å². The molecule has 26 heavy (non-hydrogen) atoms. The number of fused-ring (bicyclic) bond motifs is 2. The zero-order valence-corrected chi connectivity index (χ0v) is 14.5. The highest BCUT2D eigenvalue weighted by molar-refractivity contribution is 5.59. The van der Waals surface area contributed by atoms with E-state index in [-0.39, 0.29) is 6.04 Å². The van der Waals surface area contributed by atoms with Crippen LogP contribution in [0.5, 0.6) is 0 Å². The summed E-state index contributed by atoms with van der Waals surface area (Å²) < 4.78 is 3.78. The van der Waals surface area contributed by atoms with Crippen molar-refractivity contribution < 1.29 is 0 Å². The molecule has 0 bridgehead atoms. The third-order valence-corrected chi connectivity index (χ3v) is 4.99. The molecule has 1 aliphatic rings. The van der Waals surface area contributed by atoms with Crippen molar-refractivity contribution in [2.75, 3.05) is 5.32 Å². The standard InChI is InChI=1S/C19H19N7/c1-25-16-9-5-8-15(14(16)12-20-25)21-17-10-11-18-22-23-19(26(18)24-17)13-6-3-2-4-7-13/h2-4,6-7,10-12,15H,5,8-9H2,1H3,(H,21,24). The Balaban J connectivity index is 1.51. The van der Waals surface area contributed by atoms with Crippen LogP contribution in [0.25, 0.3) is 17.0 Å². The summed E-state index contributed by atoms with van der Waals surface area (Å²) >= 11 is 0. The summed E-state index contributed by atoms with van der Waals surface area (Å²) in [4.78, 5) is 0. The smallest absolute Gasteiger partial charge is 0.185 e. The van der Waals surface area contributed by atoms with E-state index in [4.69, 9.17) is 5.10 Å². The van der Waals surface area contributed by atoms with Crippen molar-refractivity contribution in [3.8, 4) is 11.4 Å². The SMILES string of the molecule is Cn1ncc2c1CCCC2Nc1ccc2nnc(-c3ccccc3)n2n1. The predicted molar refractivity (Wildman–Crippen MR) is 98.7 cm³/mol. The highest BCUT2D eigenvalue weighted by Crippen LogP contribution is 2.31. The van der Waals surface area contributed by atoms with Gasteiger partial charge in [-0.3, -0.25) is 4.68 Å². The zero-order valence-electron chi connectivity index (χ0n) is 14.5. The van der Waals surface area contributed by atoms with Crippen molar-refractivity contribution in [2.24, 2.45) is 7.05 Å². The van der Waals surface area contributed by atoms with Crippen LogP contribution in [0.3, 0.4) is 0 Å². The Labute approximate surface area is 150 Å². The molecule has 1 aromatic carbocycles. The molecule has 1 aliphatic carbocycles. The quantitative estimate of drug-likeness (QED) is 0.618. The van der Waals surface area contributed by atoms with Gasteiger partial charge in [-0.2, -0.15) is 9.61 Å². The number of nitrogens with one attached hydrogen (secondary N) is 1. The molecule has 1 N–H and O–H groups in total. The third-order valence-electron chi connectivity index (χ3n) is 4.99. The minimum absolute atomic E-state index is 0.231. The predicted octanol–water partition coefficient (Wildman–Crippen LogP) is 3.01. The maximum Gasteiger partial charge on any atom is 0.185 e. The van der Waals surface area contributed by atoms with Crippen LogP contribution in [0.1, 0.15) is 30.1 Å². The average Bonchev–Trinajstić information content (AvgIpc) is 3.27. The summed E-state index contributed by atoms with van der Waals surface area (Å²) in [6, 6.07) is 14.1. The summed E-state index contributed by atoms with van der Waals surface area (Å²) in [6.07, 6.45) is 5.28. The number of aromatic nitrogens is 6. The number of nitrogens with zero attached hydrogens (tertiary/aromatic N) is 6. The van der Waals surface area contributed by atoms with E-state index >= 15 is 0 Å². The first-order valence-electron chi connectivity index (χ1n) is 8.85. The second-order valence-electron chi connectivity index (χ2n) is 6.64. The summed E-state index contributed by atoms with van der Waals surface area (Å²) in [5.74, 6) is 1.56. The van der Waals surface area contributed by atoms with Gasteiger partial charge in [-0.1, -0.05) is 30.3 Å². The molecule has 1 atom stereocenters. The topological polar surface area (TPSA) is 72.9 Å². The van der Waals surface area contributed by atoms with E-state index in [0.29, 0.717) is 0 Å². The van der Waals surface area contributed by atoms with Crippen molar-refractivity contribution in [1.82, 2.24) is 29.6 Å². The van der Waals surface area contributed by atoms with E-state index in [9.17, 15) is 0 Å². The minimum Gasteiger partial charge on any atom is -0.362 e. The van der Waals surface area contributed by atoms with Gasteiger partial charge in [0.05, 0.1) is 12.2 Å². The number of benzene rings is 1. The van der Waals surface area contributed by atoms with Gasteiger partial charge in [0, 0.05) is 23.9 Å². The monoisotopic (exact) mass is 345 g/mol. The molecule has 4 aromatic rings. The first-order valence-corrected chi connectivity index (χ1v) is 8.85. The Morgan fingerprint density at radius 2 is 1.96 bits per heavy atom. The van der Waals surface area contributed by atoms with Gasteiger partial charge in [-0.25, -0.2) is 0 Å². The summed E-state index contributed by atoms with van der Waals surface area (Å²) in [5.41, 5.74) is 4.31. The number of hydrogen-bond donors (Lipinski definition) is 1. The minimum atomic E-state index is 0.231. The van der Waals surface area contributed by atoms with Crippen LogP contribution in [0.15, 0.2) is 48.7 Å². The van der Waals surface area contributed by atoms with Gasteiger partial charge in [-0.15, -0.1) is 15.3 Å². The highest BCUT2D eigenvalue weighted by atomic mass is 15.4. The molecule has 0 amide bonds. The largest absolute Gasteiger partial charge is 0.362 e. The lowest BCUT2D eigenvalue weighted by Crippen LogP contribution is -2.18. The van der Waals surface area contributed by atoms with E-state index in [1.54, 1.807) is 4.52 Å². The number of hydrogen-bond acceptors (Lipinski definition) is 5. The molecule has 130 valence electrons. The first-order chi connectivity index (χ1) is 12.8. The van der Waals surface area contributed by atoms with E-state index < -0.39 is 0 Å². The van der Waals surface area contributed by atoms with Crippen molar-refractivity contribution in [1.29, 1.82) is 0 Å². The average molecular weight is 345 g/mol. The van der Waals surface area contributed by atoms with Gasteiger partial charge >= 0.3 is 0 Å². The van der Waals surface area contributed by atoms with Crippen molar-refractivity contribution in [3.05, 3.63) is 59.9 Å². The Morgan fingerprint density at radius 3 is 2.85 bits per heavy atom. The molecule has 3 heterocycles. The Morgan fingerprint density at radius 1 is 1.08 bits per heavy atom. The molecule has 0 spiro atoms. The van der Waals surface area contributed by atoms with Crippen molar-refractivity contribution >= 4 is 11.5 Å². The molecular formula is C19H19N7. The summed E-state index contributed by atoms with van der Waals surface area (Å²) in [6.45, 7) is 0. The van der Waals surface area contributed by atoms with Gasteiger partial charge in [-0.05, 0) is 31.4 Å². The Hall–Kier alpha value is -3.22. The number of anilines is 1. The van der Waals surface area contributed by atoms with E-state index in [0.717, 1.165) is 42.1 Å². The summed E-state index contributed by atoms with van der Waals surface area (Å²) in [5, 5.41) is 21.3. The van der Waals surface area contributed by atoms with Crippen LogP contribution in [0.2, 0.25) is 0 Å². The van der Waals surface area contributed by atoms with Crippen molar-refractivity contribution in [3.63, 3.8) is 0 Å². The lowest BCUT2D eigenvalue weighted by atomic mass is 9.93. The number of aryl methyl sites for hydroxylation is 1. The second-order valence-corrected chi connectivity index (χ2v) is 6.64. The van der Waals surface area contributed by atoms with Gasteiger partial charge in [0.2, 0.25) is 0 Å². The van der Waals surface area contributed by atoms with Gasteiger partial charge in [0.25, 0.3) is 0 Å². The molecule has 0 saturated heterocycles. The fourth-order valence-electron chi connectivity index (χ4n) is 3.67.